The van der Waals surface area contributed by atoms with Gasteiger partial charge in [-0.3, -0.25) is 0 Å². The van der Waals surface area contributed by atoms with Crippen molar-refractivity contribution in [1.82, 2.24) is 0 Å². The standard InChI is InChI=1S/Ca.Mg.H3O4P.Zn.4H/c;;1-5(2,3)4;;;;;/h;;(H3,1,2,3,4);;;;;/q2*+2;;;4*-1. The Bertz CT molecular complexity index is 73.2. The van der Waals surface area contributed by atoms with Crippen LogP contribution in [0.1, 0.15) is 5.71 Å². The molecule has 0 aliphatic rings. The summed E-state index contributed by atoms with van der Waals surface area (Å²) in [6, 6.07) is 0. The molecule has 0 aliphatic heterocycles. The van der Waals surface area contributed by atoms with Crippen molar-refractivity contribution in [2.24, 2.45) is 0 Å². The number of hydrogen-bond acceptors (Lipinski definition) is 1. The van der Waals surface area contributed by atoms with Crippen molar-refractivity contribution in [3.63, 3.8) is 0 Å². The minimum atomic E-state index is -4.64. The van der Waals surface area contributed by atoms with E-state index in [2.05, 4.69) is 0 Å². The molecule has 0 aromatic heterocycles. The van der Waals surface area contributed by atoms with Crippen molar-refractivity contribution in [1.29, 1.82) is 0 Å². The third-order valence-electron chi connectivity index (χ3n) is 0. The van der Waals surface area contributed by atoms with Gasteiger partial charge in [-0.25, -0.2) is 4.57 Å². The summed E-state index contributed by atoms with van der Waals surface area (Å²) in [5.41, 5.74) is 0. The SMILES string of the molecule is O=P(O)(O)O.[Ca+2].[H-].[H-].[H-].[H-].[Mg+2].[Zn]. The molecule has 0 aromatic rings. The van der Waals surface area contributed by atoms with E-state index in [-0.39, 0.29) is 86.0 Å². The number of hydrogen-bond donors (Lipinski definition) is 3. The van der Waals surface area contributed by atoms with Crippen LogP contribution in [0.4, 0.5) is 0 Å². The van der Waals surface area contributed by atoms with Crippen LogP contribution in [-0.2, 0) is 24.0 Å². The second kappa shape index (κ2) is 9.76. The molecule has 8 heavy (non-hydrogen) atoms. The first-order chi connectivity index (χ1) is 2.00. The van der Waals surface area contributed by atoms with Crippen molar-refractivity contribution in [3.05, 3.63) is 0 Å². The van der Waals surface area contributed by atoms with Gasteiger partial charge in [-0.05, 0) is 0 Å². The smallest absolute Gasteiger partial charge is 1.00 e. The van der Waals surface area contributed by atoms with Crippen LogP contribution < -0.4 is 0 Å². The van der Waals surface area contributed by atoms with E-state index in [0.29, 0.717) is 0 Å². The number of phosphoric acid groups is 1. The Balaban J connectivity index is -0.00000000381. The normalized spacial score (nSPS) is 7.38. The molecule has 8 heteroatoms. The molecule has 0 atom stereocenters. The fraction of sp³-hybridized carbons (Fsp3) is 0. The summed E-state index contributed by atoms with van der Waals surface area (Å²) in [5, 5.41) is 0. The molecule has 42 valence electrons. The van der Waals surface area contributed by atoms with Crippen LogP contribution in [0.5, 0.6) is 0 Å². The molecule has 0 saturated heterocycles. The summed E-state index contributed by atoms with van der Waals surface area (Å²) in [7, 11) is -4.64. The van der Waals surface area contributed by atoms with Gasteiger partial charge < -0.3 is 20.4 Å². The molecule has 0 heterocycles. The minimum Gasteiger partial charge on any atom is -1.00 e. The topological polar surface area (TPSA) is 77.8 Å². The quantitative estimate of drug-likeness (QED) is 0.360. The first-order valence-corrected chi connectivity index (χ1v) is 2.35. The molecule has 0 amide bonds. The fourth-order valence-electron chi connectivity index (χ4n) is 0. The maximum atomic E-state index is 8.88. The van der Waals surface area contributed by atoms with Gasteiger partial charge >= 0.3 is 68.6 Å². The Hall–Kier alpha value is 2.76. The van der Waals surface area contributed by atoms with Crippen LogP contribution in [0.15, 0.2) is 0 Å². The zero-order valence-electron chi connectivity index (χ0n) is 8.32. The van der Waals surface area contributed by atoms with Crippen LogP contribution in [0.3, 0.4) is 0 Å². The molecule has 3 N–H and O–H groups in total. The van der Waals surface area contributed by atoms with E-state index in [1.54, 1.807) is 0 Å². The van der Waals surface area contributed by atoms with Crippen molar-refractivity contribution in [3.8, 4) is 0 Å². The summed E-state index contributed by atoms with van der Waals surface area (Å²) in [6.45, 7) is 0. The van der Waals surface area contributed by atoms with Crippen LogP contribution >= 0.6 is 7.82 Å². The molecule has 0 fully saturated rings. The molecule has 0 radical (unpaired) electrons. The summed E-state index contributed by atoms with van der Waals surface area (Å²) >= 11 is 0. The predicted octanol–water partition coefficient (Wildman–Crippen LogP) is -1.24. The van der Waals surface area contributed by atoms with Gasteiger partial charge in [0.15, 0.2) is 0 Å². The van der Waals surface area contributed by atoms with Crippen molar-refractivity contribution >= 4 is 68.6 Å². The van der Waals surface area contributed by atoms with E-state index < -0.39 is 7.82 Å². The minimum absolute atomic E-state index is 0. The fourth-order valence-corrected chi connectivity index (χ4v) is 0. The van der Waals surface area contributed by atoms with Crippen molar-refractivity contribution < 1.29 is 44.4 Å². The van der Waals surface area contributed by atoms with Gasteiger partial charge in [-0.2, -0.15) is 0 Å². The molecule has 0 aliphatic carbocycles. The first kappa shape index (κ1) is 22.4. The van der Waals surface area contributed by atoms with E-state index in [1.807, 2.05) is 0 Å². The Morgan fingerprint density at radius 1 is 1.25 bits per heavy atom. The third-order valence-corrected chi connectivity index (χ3v) is 0. The zero-order valence-corrected chi connectivity index (χ0v) is 11.8. The van der Waals surface area contributed by atoms with Gasteiger partial charge in [0, 0.05) is 19.5 Å². The second-order valence-corrected chi connectivity index (χ2v) is 1.54. The average molecular weight is 232 g/mol. The number of rotatable bonds is 0. The molecule has 0 rings (SSSR count). The van der Waals surface area contributed by atoms with Gasteiger partial charge in [-0.1, -0.05) is 0 Å². The van der Waals surface area contributed by atoms with E-state index in [9.17, 15) is 0 Å². The van der Waals surface area contributed by atoms with Crippen molar-refractivity contribution in [2.75, 3.05) is 0 Å². The Morgan fingerprint density at radius 2 is 1.25 bits per heavy atom. The van der Waals surface area contributed by atoms with Crippen molar-refractivity contribution in [2.45, 2.75) is 0 Å². The van der Waals surface area contributed by atoms with E-state index >= 15 is 0 Å². The maximum absolute atomic E-state index is 8.88. The van der Waals surface area contributed by atoms with Crippen LogP contribution in [0.2, 0.25) is 0 Å². The van der Waals surface area contributed by atoms with Gasteiger partial charge in [0.05, 0.1) is 0 Å². The van der Waals surface area contributed by atoms with Crippen LogP contribution in [-0.4, -0.2) is 75.5 Å². The van der Waals surface area contributed by atoms with E-state index in [0.717, 1.165) is 0 Å². The van der Waals surface area contributed by atoms with Gasteiger partial charge in [0.25, 0.3) is 0 Å². The van der Waals surface area contributed by atoms with Gasteiger partial charge in [-0.15, -0.1) is 0 Å². The molecule has 0 aromatic carbocycles. The summed E-state index contributed by atoms with van der Waals surface area (Å²) in [5.74, 6) is 0. The zero-order chi connectivity index (χ0) is 4.50. The predicted molar refractivity (Wildman–Crippen MR) is 30.2 cm³/mol. The van der Waals surface area contributed by atoms with Gasteiger partial charge in [0.1, 0.15) is 0 Å². The van der Waals surface area contributed by atoms with Crippen LogP contribution in [0.25, 0.3) is 0 Å². The summed E-state index contributed by atoms with van der Waals surface area (Å²) in [4.78, 5) is 21.6. The third kappa shape index (κ3) is 69.3. The van der Waals surface area contributed by atoms with Crippen LogP contribution in [0, 0.1) is 0 Å². The average Bonchev–Trinajstić information content (AvgIpc) is 0.722. The van der Waals surface area contributed by atoms with E-state index in [1.165, 1.54) is 0 Å². The second-order valence-electron chi connectivity index (χ2n) is 0.513. The first-order valence-electron chi connectivity index (χ1n) is 0.783. The Kier molecular flexibility index (Phi) is 27.4. The van der Waals surface area contributed by atoms with Gasteiger partial charge in [0.2, 0.25) is 0 Å². The molecule has 0 bridgehead atoms. The molecular formula is H7CaMgO4PZn. The molecule has 4 nitrogen and oxygen atoms in total. The molecular weight excluding hydrogens is 225 g/mol. The Labute approximate surface area is 112 Å². The largest absolute Gasteiger partial charge is 2.00 e. The van der Waals surface area contributed by atoms with E-state index in [4.69, 9.17) is 19.2 Å². The molecule has 0 saturated carbocycles. The monoisotopic (exact) mass is 230 g/mol. The molecule has 0 spiro atoms. The Morgan fingerprint density at radius 3 is 1.25 bits per heavy atom. The molecule has 0 unspecified atom stereocenters. The summed E-state index contributed by atoms with van der Waals surface area (Å²) in [6.07, 6.45) is 0. The maximum Gasteiger partial charge on any atom is 2.00 e. The summed E-state index contributed by atoms with van der Waals surface area (Å²) < 4.78 is 8.88.